The molecule has 40 heavy (non-hydrogen) atoms. The maximum absolute atomic E-state index is 13.2. The molecule has 2 aliphatic heterocycles. The lowest BCUT2D eigenvalue weighted by Crippen LogP contribution is -2.59. The number of aromatic nitrogens is 2. The molecule has 0 saturated carbocycles. The van der Waals surface area contributed by atoms with Gasteiger partial charge in [-0.05, 0) is 40.3 Å². The van der Waals surface area contributed by atoms with Crippen LogP contribution in [0.1, 0.15) is 52.8 Å². The molecule has 2 aliphatic rings. The fourth-order valence-corrected chi connectivity index (χ4v) is 4.11. The molecule has 1 aromatic heterocycles. The largest absolute Gasteiger partial charge is 0.478 e. The monoisotopic (exact) mass is 557 g/mol. The van der Waals surface area contributed by atoms with Crippen molar-refractivity contribution in [1.82, 2.24) is 19.8 Å². The number of piperazine rings is 1. The number of carbonyl (C=O) groups excluding carboxylic acids is 2. The van der Waals surface area contributed by atoms with Crippen molar-refractivity contribution in [3.63, 3.8) is 0 Å². The van der Waals surface area contributed by atoms with Gasteiger partial charge >= 0.3 is 18.0 Å². The zero-order valence-corrected chi connectivity index (χ0v) is 24.1. The number of ether oxygens (including phenoxy) is 2. The van der Waals surface area contributed by atoms with Gasteiger partial charge in [-0.2, -0.15) is 0 Å². The third-order valence-electron chi connectivity index (χ3n) is 6.18. The van der Waals surface area contributed by atoms with Crippen LogP contribution >= 0.6 is 0 Å². The molecule has 1 N–H and O–H groups in total. The maximum atomic E-state index is 13.2. The Morgan fingerprint density at radius 1 is 1.25 bits per heavy atom. The summed E-state index contributed by atoms with van der Waals surface area (Å²) in [5.74, 6) is -0.825. The van der Waals surface area contributed by atoms with Crippen LogP contribution < -0.4 is 4.90 Å². The Morgan fingerprint density at radius 2 is 1.98 bits per heavy atom. The van der Waals surface area contributed by atoms with Gasteiger partial charge in [-0.1, -0.05) is 13.8 Å². The van der Waals surface area contributed by atoms with Crippen molar-refractivity contribution in [2.45, 2.75) is 66.2 Å². The fourth-order valence-electron chi connectivity index (χ4n) is 4.11. The van der Waals surface area contributed by atoms with Gasteiger partial charge in [-0.15, -0.1) is 0 Å². The molecule has 0 bridgehead atoms. The lowest BCUT2D eigenvalue weighted by Gasteiger charge is -2.40. The number of carbonyl (C=O) groups is 3. The second kappa shape index (κ2) is 12.9. The highest BCUT2D eigenvalue weighted by atomic mass is 16.6. The molecular weight excluding hydrogens is 518 g/mol. The number of fused-ring (bicyclic) bond motifs is 1. The van der Waals surface area contributed by atoms with E-state index in [-0.39, 0.29) is 36.7 Å². The van der Waals surface area contributed by atoms with E-state index >= 15 is 0 Å². The summed E-state index contributed by atoms with van der Waals surface area (Å²) < 4.78 is 11.0. The number of hydrogen-bond donors (Lipinski definition) is 1. The molecule has 13 nitrogen and oxygen atoms in total. The van der Waals surface area contributed by atoms with Crippen molar-refractivity contribution in [2.75, 3.05) is 37.7 Å². The third kappa shape index (κ3) is 7.99. The minimum Gasteiger partial charge on any atom is -0.478 e. The number of aliphatic carboxylic acids is 1. The highest BCUT2D eigenvalue weighted by Crippen LogP contribution is 2.23. The van der Waals surface area contributed by atoms with Crippen LogP contribution in [0.2, 0.25) is 0 Å². The Morgan fingerprint density at radius 3 is 2.60 bits per heavy atom. The van der Waals surface area contributed by atoms with E-state index in [1.165, 1.54) is 13.1 Å². The van der Waals surface area contributed by atoms with Gasteiger partial charge < -0.3 is 29.3 Å². The summed E-state index contributed by atoms with van der Waals surface area (Å²) in [4.78, 5) is 59.5. The molecule has 1 atom stereocenters. The van der Waals surface area contributed by atoms with E-state index in [4.69, 9.17) is 19.6 Å². The number of carboxylic acid groups (broad SMARTS) is 1. The molecule has 0 aromatic carbocycles. The maximum Gasteiger partial charge on any atom is 0.410 e. The SMILES string of the molecule is C=NC(=N/C=C(\C)C(=O)O)N1CCN(c2ncc3c(n2)CCN(C(=O)OC(C)(C)C)C3)C[C@H]1C(=O)OCC(C)C. The number of amides is 1. The summed E-state index contributed by atoms with van der Waals surface area (Å²) in [6.07, 6.45) is 3.08. The minimum atomic E-state index is -1.11. The predicted molar refractivity (Wildman–Crippen MR) is 149 cm³/mol. The molecule has 218 valence electrons. The van der Waals surface area contributed by atoms with E-state index in [1.807, 2.05) is 39.5 Å². The number of anilines is 1. The van der Waals surface area contributed by atoms with E-state index in [9.17, 15) is 14.4 Å². The lowest BCUT2D eigenvalue weighted by atomic mass is 10.1. The van der Waals surface area contributed by atoms with Crippen LogP contribution in [0.25, 0.3) is 0 Å². The van der Waals surface area contributed by atoms with Gasteiger partial charge in [0.1, 0.15) is 11.6 Å². The van der Waals surface area contributed by atoms with Crippen LogP contribution in [0, 0.1) is 5.92 Å². The quantitative estimate of drug-likeness (QED) is 0.239. The highest BCUT2D eigenvalue weighted by Gasteiger charge is 2.37. The van der Waals surface area contributed by atoms with Crippen molar-refractivity contribution >= 4 is 36.7 Å². The summed E-state index contributed by atoms with van der Waals surface area (Å²) in [5, 5.41) is 9.15. The molecule has 1 amide bonds. The van der Waals surface area contributed by atoms with Crippen LogP contribution in [-0.4, -0.2) is 100 Å². The molecule has 1 saturated heterocycles. The smallest absolute Gasteiger partial charge is 0.410 e. The van der Waals surface area contributed by atoms with Crippen molar-refractivity contribution in [3.8, 4) is 0 Å². The Balaban J connectivity index is 1.81. The summed E-state index contributed by atoms with van der Waals surface area (Å²) in [6.45, 7) is 16.4. The lowest BCUT2D eigenvalue weighted by molar-refractivity contribution is -0.149. The summed E-state index contributed by atoms with van der Waals surface area (Å²) >= 11 is 0. The summed E-state index contributed by atoms with van der Waals surface area (Å²) in [5.41, 5.74) is 1.13. The van der Waals surface area contributed by atoms with Crippen molar-refractivity contribution in [3.05, 3.63) is 29.2 Å². The number of nitrogens with zero attached hydrogens (tertiary/aromatic N) is 7. The number of rotatable bonds is 6. The van der Waals surface area contributed by atoms with Crippen LogP contribution in [0.15, 0.2) is 28.0 Å². The first-order valence-corrected chi connectivity index (χ1v) is 13.2. The van der Waals surface area contributed by atoms with Gasteiger partial charge in [-0.25, -0.2) is 34.3 Å². The molecule has 13 heteroatoms. The zero-order chi connectivity index (χ0) is 29.6. The molecule has 3 rings (SSSR count). The molecule has 0 radical (unpaired) electrons. The van der Waals surface area contributed by atoms with E-state index in [1.54, 1.807) is 16.0 Å². The topological polar surface area (TPSA) is 150 Å². The average molecular weight is 558 g/mol. The van der Waals surface area contributed by atoms with Gasteiger partial charge in [-0.3, -0.25) is 0 Å². The van der Waals surface area contributed by atoms with Gasteiger partial charge in [0.25, 0.3) is 0 Å². The van der Waals surface area contributed by atoms with Crippen LogP contribution in [-0.2, 0) is 32.0 Å². The predicted octanol–water partition coefficient (Wildman–Crippen LogP) is 2.50. The van der Waals surface area contributed by atoms with Gasteiger partial charge in [0, 0.05) is 44.0 Å². The second-order valence-electron chi connectivity index (χ2n) is 11.2. The Bertz CT molecular complexity index is 1190. The summed E-state index contributed by atoms with van der Waals surface area (Å²) in [7, 11) is 0. The van der Waals surface area contributed by atoms with Gasteiger partial charge in [0.05, 0.1) is 31.0 Å². The van der Waals surface area contributed by atoms with Crippen LogP contribution in [0.5, 0.6) is 0 Å². The molecule has 1 aromatic rings. The molecular formula is C27H39N7O6. The molecule has 0 aliphatic carbocycles. The molecule has 0 unspecified atom stereocenters. The Kier molecular flexibility index (Phi) is 9.83. The van der Waals surface area contributed by atoms with Crippen LogP contribution in [0.3, 0.4) is 0 Å². The second-order valence-corrected chi connectivity index (χ2v) is 11.2. The Labute approximate surface area is 234 Å². The van der Waals surface area contributed by atoms with Crippen molar-refractivity contribution in [2.24, 2.45) is 15.9 Å². The standard InChI is InChI=1S/C27H39N7O6/c1-17(2)16-39-23(37)21-15-32(10-11-34(21)24(28-7)29-12-18(3)22(35)36)25-30-13-19-14-33(9-8-20(19)31-25)26(38)40-27(4,5)6/h12-13,17,21H,7-11,14-16H2,1-6H3,(H,35,36)/b18-12+,29-24?/t21-/m0/s1. The normalized spacial score (nSPS) is 18.4. The molecule has 0 spiro atoms. The van der Waals surface area contributed by atoms with Crippen LogP contribution in [0.4, 0.5) is 10.7 Å². The van der Waals surface area contributed by atoms with E-state index in [0.29, 0.717) is 38.5 Å². The number of carboxylic acids is 1. The summed E-state index contributed by atoms with van der Waals surface area (Å²) in [6, 6.07) is -0.794. The first kappa shape index (κ1) is 30.5. The van der Waals surface area contributed by atoms with Gasteiger partial charge in [0.2, 0.25) is 11.9 Å². The van der Waals surface area contributed by atoms with Crippen molar-refractivity contribution in [1.29, 1.82) is 0 Å². The van der Waals surface area contributed by atoms with Gasteiger partial charge in [0.15, 0.2) is 0 Å². The number of guanidine groups is 1. The Hall–Kier alpha value is -4.03. The van der Waals surface area contributed by atoms with Crippen molar-refractivity contribution < 1.29 is 29.0 Å². The van der Waals surface area contributed by atoms with E-state index < -0.39 is 23.6 Å². The number of esters is 1. The first-order chi connectivity index (χ1) is 18.8. The third-order valence-corrected chi connectivity index (χ3v) is 6.18. The highest BCUT2D eigenvalue weighted by molar-refractivity contribution is 5.91. The fraction of sp³-hybridized carbons (Fsp3) is 0.593. The number of hydrogen-bond acceptors (Lipinski definition) is 9. The molecule has 3 heterocycles. The number of aliphatic imine (C=N–C) groups is 2. The van der Waals surface area contributed by atoms with E-state index in [2.05, 4.69) is 21.7 Å². The zero-order valence-electron chi connectivity index (χ0n) is 24.1. The molecule has 1 fully saturated rings. The van der Waals surface area contributed by atoms with E-state index in [0.717, 1.165) is 11.3 Å². The first-order valence-electron chi connectivity index (χ1n) is 13.2. The minimum absolute atomic E-state index is 0.0198. The average Bonchev–Trinajstić information content (AvgIpc) is 2.90.